The van der Waals surface area contributed by atoms with Crippen LogP contribution < -0.4 is 10.9 Å². The van der Waals surface area contributed by atoms with Crippen LogP contribution in [-0.4, -0.2) is 22.9 Å². The van der Waals surface area contributed by atoms with Gasteiger partial charge in [0.1, 0.15) is 0 Å². The molecule has 2 bridgehead atoms. The largest absolute Gasteiger partial charge is 0.481 e. The summed E-state index contributed by atoms with van der Waals surface area (Å²) in [5, 5.41) is 9.87. The first-order valence-corrected chi connectivity index (χ1v) is 7.93. The van der Waals surface area contributed by atoms with Crippen LogP contribution in [0.3, 0.4) is 0 Å². The van der Waals surface area contributed by atoms with Gasteiger partial charge in [0.2, 0.25) is 5.91 Å². The smallest absolute Gasteiger partial charge is 0.307 e. The van der Waals surface area contributed by atoms with E-state index >= 15 is 0 Å². The summed E-state index contributed by atoms with van der Waals surface area (Å²) in [5.41, 5.74) is 5.07. The minimum atomic E-state index is -0.929. The van der Waals surface area contributed by atoms with Crippen LogP contribution in [0.25, 0.3) is 0 Å². The molecule has 0 spiro atoms. The maximum Gasteiger partial charge on any atom is 0.307 e. The van der Waals surface area contributed by atoms with Crippen LogP contribution in [0.1, 0.15) is 29.6 Å². The number of amides is 2. The molecule has 23 heavy (non-hydrogen) atoms. The summed E-state index contributed by atoms with van der Waals surface area (Å²) < 4.78 is 0. The Kier molecular flexibility index (Phi) is 4.26. The SMILES string of the molecule is O=C(NNC(=O)[C@@H]1[C@@H]2CC[C@@H](C2)[C@@H]1C(=O)O)c1ccc(Cl)cc1. The molecule has 6 nitrogen and oxygen atoms in total. The highest BCUT2D eigenvalue weighted by molar-refractivity contribution is 6.30. The molecule has 0 saturated heterocycles. The summed E-state index contributed by atoms with van der Waals surface area (Å²) in [4.78, 5) is 35.7. The molecule has 7 heteroatoms. The molecule has 3 rings (SSSR count). The van der Waals surface area contributed by atoms with Crippen LogP contribution in [0, 0.1) is 23.7 Å². The molecule has 122 valence electrons. The van der Waals surface area contributed by atoms with E-state index < -0.39 is 29.6 Å². The molecule has 2 saturated carbocycles. The Morgan fingerprint density at radius 2 is 1.61 bits per heavy atom. The van der Waals surface area contributed by atoms with Gasteiger partial charge in [-0.3, -0.25) is 25.2 Å². The highest BCUT2D eigenvalue weighted by Gasteiger charge is 2.54. The first kappa shape index (κ1) is 15.8. The number of benzene rings is 1. The average molecular weight is 337 g/mol. The van der Waals surface area contributed by atoms with Crippen molar-refractivity contribution >= 4 is 29.4 Å². The van der Waals surface area contributed by atoms with Crippen molar-refractivity contribution in [2.45, 2.75) is 19.3 Å². The lowest BCUT2D eigenvalue weighted by atomic mass is 9.79. The van der Waals surface area contributed by atoms with Crippen molar-refractivity contribution in [1.82, 2.24) is 10.9 Å². The molecule has 2 aliphatic rings. The Morgan fingerprint density at radius 3 is 2.22 bits per heavy atom. The summed E-state index contributed by atoms with van der Waals surface area (Å²) in [6.45, 7) is 0. The lowest BCUT2D eigenvalue weighted by molar-refractivity contribution is -0.149. The number of carbonyl (C=O) groups is 3. The van der Waals surface area contributed by atoms with Crippen molar-refractivity contribution in [2.24, 2.45) is 23.7 Å². The molecule has 4 atom stereocenters. The van der Waals surface area contributed by atoms with Crippen molar-refractivity contribution in [3.8, 4) is 0 Å². The van der Waals surface area contributed by atoms with Crippen LogP contribution in [0.2, 0.25) is 5.02 Å². The number of carbonyl (C=O) groups excluding carboxylic acids is 2. The lowest BCUT2D eigenvalue weighted by Gasteiger charge is -2.26. The van der Waals surface area contributed by atoms with Gasteiger partial charge in [0.25, 0.3) is 5.91 Å². The molecule has 0 radical (unpaired) electrons. The molecule has 2 aliphatic carbocycles. The van der Waals surface area contributed by atoms with Crippen molar-refractivity contribution in [3.63, 3.8) is 0 Å². The molecule has 0 heterocycles. The van der Waals surface area contributed by atoms with Crippen LogP contribution in [0.5, 0.6) is 0 Å². The molecule has 0 aromatic heterocycles. The van der Waals surface area contributed by atoms with E-state index in [0.717, 1.165) is 19.3 Å². The molecule has 3 N–H and O–H groups in total. The van der Waals surface area contributed by atoms with Gasteiger partial charge in [-0.05, 0) is 55.4 Å². The second-order valence-electron chi connectivity index (χ2n) is 6.17. The van der Waals surface area contributed by atoms with Crippen molar-refractivity contribution in [1.29, 1.82) is 0 Å². The van der Waals surface area contributed by atoms with Crippen LogP contribution in [0.15, 0.2) is 24.3 Å². The first-order valence-electron chi connectivity index (χ1n) is 7.56. The number of carboxylic acid groups (broad SMARTS) is 1. The predicted octanol–water partition coefficient (Wildman–Crippen LogP) is 1.85. The van der Waals surface area contributed by atoms with Gasteiger partial charge in [0.05, 0.1) is 11.8 Å². The molecular formula is C16H17ClN2O4. The number of rotatable bonds is 3. The van der Waals surface area contributed by atoms with Crippen molar-refractivity contribution in [2.75, 3.05) is 0 Å². The number of hydrogen-bond donors (Lipinski definition) is 3. The fourth-order valence-electron chi connectivity index (χ4n) is 3.90. The summed E-state index contributed by atoms with van der Waals surface area (Å²) >= 11 is 5.75. The van der Waals surface area contributed by atoms with Crippen molar-refractivity contribution < 1.29 is 19.5 Å². The fourth-order valence-corrected chi connectivity index (χ4v) is 4.03. The zero-order valence-corrected chi connectivity index (χ0v) is 13.0. The number of fused-ring (bicyclic) bond motifs is 2. The van der Waals surface area contributed by atoms with Gasteiger partial charge in [0.15, 0.2) is 0 Å². The number of hydrazine groups is 1. The quantitative estimate of drug-likeness (QED) is 0.734. The number of nitrogens with one attached hydrogen (secondary N) is 2. The van der Waals surface area contributed by atoms with E-state index in [-0.39, 0.29) is 11.8 Å². The monoisotopic (exact) mass is 336 g/mol. The maximum atomic E-state index is 12.3. The minimum absolute atomic E-state index is 0.0696. The van der Waals surface area contributed by atoms with E-state index in [1.807, 2.05) is 0 Å². The van der Waals surface area contributed by atoms with E-state index in [0.29, 0.717) is 10.6 Å². The summed E-state index contributed by atoms with van der Waals surface area (Å²) in [7, 11) is 0. The molecule has 1 aromatic rings. The number of hydrogen-bond acceptors (Lipinski definition) is 3. The Labute approximate surface area is 138 Å². The van der Waals surface area contributed by atoms with Crippen LogP contribution >= 0.6 is 11.6 Å². The highest BCUT2D eigenvalue weighted by atomic mass is 35.5. The maximum absolute atomic E-state index is 12.3. The Morgan fingerprint density at radius 1 is 1.00 bits per heavy atom. The van der Waals surface area contributed by atoms with Crippen molar-refractivity contribution in [3.05, 3.63) is 34.9 Å². The van der Waals surface area contributed by atoms with Crippen LogP contribution in [-0.2, 0) is 9.59 Å². The van der Waals surface area contributed by atoms with E-state index in [4.69, 9.17) is 11.6 Å². The van der Waals surface area contributed by atoms with Gasteiger partial charge in [-0.25, -0.2) is 0 Å². The Bertz CT molecular complexity index is 646. The van der Waals surface area contributed by atoms with E-state index in [1.54, 1.807) is 24.3 Å². The Balaban J connectivity index is 1.62. The molecule has 2 fully saturated rings. The van der Waals surface area contributed by atoms with E-state index in [9.17, 15) is 19.5 Å². The lowest BCUT2D eigenvalue weighted by Crippen LogP contribution is -2.48. The standard InChI is InChI=1S/C16H17ClN2O4/c17-11-5-3-8(4-6-11)14(20)18-19-15(21)12-9-1-2-10(7-9)13(12)16(22)23/h3-6,9-10,12-13H,1-2,7H2,(H,18,20)(H,19,21)(H,22,23)/t9-,10+,12-,13+/m1/s1. The molecule has 0 aliphatic heterocycles. The topological polar surface area (TPSA) is 95.5 Å². The predicted molar refractivity (Wildman–Crippen MR) is 82.5 cm³/mol. The fraction of sp³-hybridized carbons (Fsp3) is 0.438. The average Bonchev–Trinajstić information content (AvgIpc) is 3.13. The van der Waals surface area contributed by atoms with Gasteiger partial charge >= 0.3 is 5.97 Å². The summed E-state index contributed by atoms with van der Waals surface area (Å²) in [6, 6.07) is 6.24. The number of aliphatic carboxylic acids is 1. The number of carboxylic acids is 1. The normalized spacial score (nSPS) is 28.4. The second-order valence-corrected chi connectivity index (χ2v) is 6.61. The third kappa shape index (κ3) is 3.03. The summed E-state index contributed by atoms with van der Waals surface area (Å²) in [5.74, 6) is -2.88. The zero-order chi connectivity index (χ0) is 16.6. The zero-order valence-electron chi connectivity index (χ0n) is 12.3. The third-order valence-electron chi connectivity index (χ3n) is 4.91. The van der Waals surface area contributed by atoms with Gasteiger partial charge in [-0.15, -0.1) is 0 Å². The number of halogens is 1. The van der Waals surface area contributed by atoms with E-state index in [1.165, 1.54) is 0 Å². The van der Waals surface area contributed by atoms with E-state index in [2.05, 4.69) is 10.9 Å². The van der Waals surface area contributed by atoms with Gasteiger partial charge in [-0.1, -0.05) is 11.6 Å². The molecule has 1 aromatic carbocycles. The first-order chi connectivity index (χ1) is 11.0. The Hall–Kier alpha value is -2.08. The van der Waals surface area contributed by atoms with Gasteiger partial charge in [-0.2, -0.15) is 0 Å². The van der Waals surface area contributed by atoms with Gasteiger partial charge < -0.3 is 5.11 Å². The second kappa shape index (κ2) is 6.20. The third-order valence-corrected chi connectivity index (χ3v) is 5.16. The molecule has 0 unspecified atom stereocenters. The molecule has 2 amide bonds. The molecular weight excluding hydrogens is 320 g/mol. The minimum Gasteiger partial charge on any atom is -0.481 e. The van der Waals surface area contributed by atoms with Crippen LogP contribution in [0.4, 0.5) is 0 Å². The summed E-state index contributed by atoms with van der Waals surface area (Å²) in [6.07, 6.45) is 2.51. The van der Waals surface area contributed by atoms with Gasteiger partial charge in [0, 0.05) is 10.6 Å². The highest BCUT2D eigenvalue weighted by Crippen LogP contribution is 2.52.